The molecule has 0 bridgehead atoms. The maximum absolute atomic E-state index is 11.6. The summed E-state index contributed by atoms with van der Waals surface area (Å²) in [7, 11) is 0. The van der Waals surface area contributed by atoms with Crippen molar-refractivity contribution in [1.29, 1.82) is 0 Å². The van der Waals surface area contributed by atoms with E-state index in [0.717, 1.165) is 15.5 Å². The van der Waals surface area contributed by atoms with Crippen molar-refractivity contribution in [3.63, 3.8) is 0 Å². The summed E-state index contributed by atoms with van der Waals surface area (Å²) < 4.78 is 4.67. The van der Waals surface area contributed by atoms with Crippen LogP contribution < -0.4 is 0 Å². The molecule has 0 aliphatic heterocycles. The molecule has 0 atom stereocenters. The lowest BCUT2D eigenvalue weighted by Gasteiger charge is -2.25. The second kappa shape index (κ2) is 6.56. The van der Waals surface area contributed by atoms with Gasteiger partial charge in [0.25, 0.3) is 0 Å². The molecule has 28 heavy (non-hydrogen) atoms. The predicted molar refractivity (Wildman–Crippen MR) is 110 cm³/mol. The lowest BCUT2D eigenvalue weighted by atomic mass is 10.0. The van der Waals surface area contributed by atoms with Gasteiger partial charge in [0.1, 0.15) is 18.5 Å². The first-order valence-electron chi connectivity index (χ1n) is 8.67. The quantitative estimate of drug-likeness (QED) is 0.507. The van der Waals surface area contributed by atoms with Gasteiger partial charge < -0.3 is 9.67 Å². The number of carboxylic acids is 1. The molecule has 0 aliphatic carbocycles. The monoisotopic (exact) mass is 439 g/mol. The lowest BCUT2D eigenvalue weighted by Crippen LogP contribution is -2.23. The molecule has 0 spiro atoms. The van der Waals surface area contributed by atoms with E-state index in [4.69, 9.17) is 4.98 Å². The van der Waals surface area contributed by atoms with Gasteiger partial charge in [-0.1, -0.05) is 15.9 Å². The van der Waals surface area contributed by atoms with Crippen LogP contribution in [-0.4, -0.2) is 35.4 Å². The number of aromatic carboxylic acids is 1. The maximum atomic E-state index is 11.6. The molecule has 142 valence electrons. The van der Waals surface area contributed by atoms with Crippen molar-refractivity contribution in [2.75, 3.05) is 0 Å². The molecule has 4 rings (SSSR count). The summed E-state index contributed by atoms with van der Waals surface area (Å²) in [5.74, 6) is -0.318. The maximum Gasteiger partial charge on any atom is 0.335 e. The zero-order valence-electron chi connectivity index (χ0n) is 15.6. The van der Waals surface area contributed by atoms with Crippen molar-refractivity contribution in [3.8, 4) is 17.1 Å². The number of nitrogens with zero attached hydrogens (tertiary/aromatic N) is 5. The van der Waals surface area contributed by atoms with Crippen LogP contribution in [0.4, 0.5) is 0 Å². The van der Waals surface area contributed by atoms with Gasteiger partial charge in [-0.25, -0.2) is 19.4 Å². The second-order valence-corrected chi connectivity index (χ2v) is 8.37. The summed E-state index contributed by atoms with van der Waals surface area (Å²) >= 11 is 3.50. The van der Waals surface area contributed by atoms with E-state index in [2.05, 4.69) is 51.4 Å². The SMILES string of the molecule is CC(C)(C)n1c(-c2cc(C(=O)O)ccc2-n2cncn2)nc2cc(Br)ccc21. The van der Waals surface area contributed by atoms with Crippen molar-refractivity contribution in [1.82, 2.24) is 24.3 Å². The number of hydrogen-bond donors (Lipinski definition) is 1. The number of fused-ring (bicyclic) bond motifs is 1. The third kappa shape index (κ3) is 3.09. The molecule has 0 amide bonds. The van der Waals surface area contributed by atoms with E-state index >= 15 is 0 Å². The van der Waals surface area contributed by atoms with Crippen LogP contribution in [0.2, 0.25) is 0 Å². The minimum absolute atomic E-state index is 0.188. The highest BCUT2D eigenvalue weighted by atomic mass is 79.9. The van der Waals surface area contributed by atoms with Gasteiger partial charge in [-0.15, -0.1) is 0 Å². The summed E-state index contributed by atoms with van der Waals surface area (Å²) in [4.78, 5) is 20.5. The molecule has 2 aromatic heterocycles. The lowest BCUT2D eigenvalue weighted by molar-refractivity contribution is 0.0697. The predicted octanol–water partition coefficient (Wildman–Crippen LogP) is 4.50. The summed E-state index contributed by atoms with van der Waals surface area (Å²) in [5.41, 5.74) is 3.08. The number of imidazole rings is 1. The second-order valence-electron chi connectivity index (χ2n) is 7.45. The van der Waals surface area contributed by atoms with Gasteiger partial charge in [0.05, 0.1) is 22.3 Å². The molecule has 1 N–H and O–H groups in total. The van der Waals surface area contributed by atoms with Crippen LogP contribution in [0.1, 0.15) is 31.1 Å². The van der Waals surface area contributed by atoms with Crippen LogP contribution >= 0.6 is 15.9 Å². The number of carboxylic acid groups (broad SMARTS) is 1. The highest BCUT2D eigenvalue weighted by Crippen LogP contribution is 2.35. The molecule has 0 saturated heterocycles. The minimum Gasteiger partial charge on any atom is -0.478 e. The average molecular weight is 440 g/mol. The van der Waals surface area contributed by atoms with E-state index in [1.807, 2.05) is 18.2 Å². The standard InChI is InChI=1S/C20H18BrN5O2/c1-20(2,3)26-17-7-5-13(21)9-15(17)24-18(26)14-8-12(19(27)28)4-6-16(14)25-11-22-10-23-25/h4-11H,1-3H3,(H,27,28). The first kappa shape index (κ1) is 18.4. The van der Waals surface area contributed by atoms with Gasteiger partial charge in [-0.2, -0.15) is 5.10 Å². The van der Waals surface area contributed by atoms with Crippen LogP contribution in [0, 0.1) is 0 Å². The van der Waals surface area contributed by atoms with E-state index in [1.165, 1.54) is 6.33 Å². The number of aromatic nitrogens is 5. The molecule has 0 fully saturated rings. The topological polar surface area (TPSA) is 85.8 Å². The van der Waals surface area contributed by atoms with E-state index < -0.39 is 5.97 Å². The number of carbonyl (C=O) groups is 1. The largest absolute Gasteiger partial charge is 0.478 e. The third-order valence-corrected chi connectivity index (χ3v) is 4.93. The van der Waals surface area contributed by atoms with Gasteiger partial charge in [-0.3, -0.25) is 0 Å². The Morgan fingerprint density at radius 1 is 1.14 bits per heavy atom. The molecule has 0 saturated carbocycles. The summed E-state index contributed by atoms with van der Waals surface area (Å²) in [6, 6.07) is 10.9. The fourth-order valence-electron chi connectivity index (χ4n) is 3.29. The van der Waals surface area contributed by atoms with E-state index in [1.54, 1.807) is 29.2 Å². The third-order valence-electron chi connectivity index (χ3n) is 4.44. The molecule has 7 nitrogen and oxygen atoms in total. The van der Waals surface area contributed by atoms with Gasteiger partial charge >= 0.3 is 5.97 Å². The Bertz CT molecular complexity index is 1190. The smallest absolute Gasteiger partial charge is 0.335 e. The first-order valence-corrected chi connectivity index (χ1v) is 9.46. The molecule has 0 radical (unpaired) electrons. The number of rotatable bonds is 3. The molecular formula is C20H18BrN5O2. The van der Waals surface area contributed by atoms with Gasteiger partial charge in [-0.05, 0) is 57.2 Å². The van der Waals surface area contributed by atoms with Crippen LogP contribution in [-0.2, 0) is 5.54 Å². The normalized spacial score (nSPS) is 11.9. The van der Waals surface area contributed by atoms with Crippen molar-refractivity contribution >= 4 is 32.9 Å². The Hall–Kier alpha value is -3.00. The summed E-state index contributed by atoms with van der Waals surface area (Å²) in [6.07, 6.45) is 3.03. The molecule has 2 heterocycles. The van der Waals surface area contributed by atoms with Crippen LogP contribution in [0.3, 0.4) is 0 Å². The Morgan fingerprint density at radius 2 is 1.93 bits per heavy atom. The first-order chi connectivity index (χ1) is 13.3. The number of benzene rings is 2. The zero-order chi connectivity index (χ0) is 20.1. The van der Waals surface area contributed by atoms with Gasteiger partial charge in [0.2, 0.25) is 0 Å². The Kier molecular flexibility index (Phi) is 4.30. The summed E-state index contributed by atoms with van der Waals surface area (Å²) in [6.45, 7) is 6.28. The van der Waals surface area contributed by atoms with Gasteiger partial charge in [0.15, 0.2) is 0 Å². The van der Waals surface area contributed by atoms with Crippen molar-refractivity contribution in [3.05, 3.63) is 59.1 Å². The molecule has 2 aromatic carbocycles. The fraction of sp³-hybridized carbons (Fsp3) is 0.200. The zero-order valence-corrected chi connectivity index (χ0v) is 17.2. The minimum atomic E-state index is -0.993. The molecule has 4 aromatic rings. The molecule has 0 aliphatic rings. The van der Waals surface area contributed by atoms with Crippen LogP contribution in [0.5, 0.6) is 0 Å². The Morgan fingerprint density at radius 3 is 2.57 bits per heavy atom. The van der Waals surface area contributed by atoms with Crippen LogP contribution in [0.15, 0.2) is 53.5 Å². The van der Waals surface area contributed by atoms with Crippen molar-refractivity contribution in [2.45, 2.75) is 26.3 Å². The van der Waals surface area contributed by atoms with Crippen molar-refractivity contribution in [2.24, 2.45) is 0 Å². The Labute approximate surface area is 169 Å². The van der Waals surface area contributed by atoms with E-state index in [-0.39, 0.29) is 11.1 Å². The van der Waals surface area contributed by atoms with E-state index in [0.29, 0.717) is 17.1 Å². The molecule has 0 unspecified atom stereocenters. The van der Waals surface area contributed by atoms with Gasteiger partial charge in [0, 0.05) is 15.6 Å². The fourth-order valence-corrected chi connectivity index (χ4v) is 3.64. The Balaban J connectivity index is 2.10. The number of halogens is 1. The highest BCUT2D eigenvalue weighted by molar-refractivity contribution is 9.10. The average Bonchev–Trinajstić information content (AvgIpc) is 3.27. The molecule has 8 heteroatoms. The van der Waals surface area contributed by atoms with E-state index in [9.17, 15) is 9.90 Å². The summed E-state index contributed by atoms with van der Waals surface area (Å²) in [5, 5.41) is 13.7. The van der Waals surface area contributed by atoms with Crippen LogP contribution in [0.25, 0.3) is 28.1 Å². The van der Waals surface area contributed by atoms with Crippen molar-refractivity contribution < 1.29 is 9.90 Å². The highest BCUT2D eigenvalue weighted by Gasteiger charge is 2.25. The number of hydrogen-bond acceptors (Lipinski definition) is 4. The molecular weight excluding hydrogens is 422 g/mol.